The molecular formula is C14H18N4S. The third-order valence-corrected chi connectivity index (χ3v) is 3.78. The summed E-state index contributed by atoms with van der Waals surface area (Å²) >= 11 is 1.60. The van der Waals surface area contributed by atoms with E-state index in [4.69, 9.17) is 5.73 Å². The lowest BCUT2D eigenvalue weighted by atomic mass is 10.1. The number of nitrogens with one attached hydrogen (secondary N) is 1. The number of rotatable bonds is 3. The molecule has 0 unspecified atom stereocenters. The van der Waals surface area contributed by atoms with E-state index in [0.29, 0.717) is 12.5 Å². The Balaban J connectivity index is 1.99. The average Bonchev–Trinajstić information content (AvgIpc) is 2.77. The van der Waals surface area contributed by atoms with Gasteiger partial charge in [0.1, 0.15) is 5.01 Å². The molecule has 0 atom stereocenters. The normalized spacial score (nSPS) is 11.6. The highest BCUT2D eigenvalue weighted by molar-refractivity contribution is 7.09. The molecule has 19 heavy (non-hydrogen) atoms. The Bertz CT molecular complexity index is 601. The number of aliphatic imine (C=N–C) groups is 1. The van der Waals surface area contributed by atoms with Gasteiger partial charge < -0.3 is 11.1 Å². The summed E-state index contributed by atoms with van der Waals surface area (Å²) < 4.78 is 0. The first-order chi connectivity index (χ1) is 9.04. The molecule has 0 spiro atoms. The zero-order chi connectivity index (χ0) is 13.8. The molecule has 2 aromatic rings. The summed E-state index contributed by atoms with van der Waals surface area (Å²) in [5.74, 6) is 0.413. The number of benzene rings is 1. The number of nitrogens with two attached hydrogens (primary N) is 1. The van der Waals surface area contributed by atoms with E-state index < -0.39 is 0 Å². The van der Waals surface area contributed by atoms with Gasteiger partial charge in [0.25, 0.3) is 0 Å². The van der Waals surface area contributed by atoms with Gasteiger partial charge in [-0.3, -0.25) is 0 Å². The standard InChI is InChI=1S/C14H18N4S/c1-9-4-5-12(6-10(9)2)18-14(15)16-7-13-17-11(3)8-19-13/h4-6,8H,7H2,1-3H3,(H3,15,16,18). The van der Waals surface area contributed by atoms with E-state index in [1.54, 1.807) is 11.3 Å². The van der Waals surface area contributed by atoms with E-state index in [0.717, 1.165) is 16.4 Å². The van der Waals surface area contributed by atoms with Crippen molar-refractivity contribution in [2.24, 2.45) is 10.7 Å². The Morgan fingerprint density at radius 1 is 1.32 bits per heavy atom. The summed E-state index contributed by atoms with van der Waals surface area (Å²) in [5.41, 5.74) is 10.3. The van der Waals surface area contributed by atoms with E-state index in [-0.39, 0.29) is 0 Å². The van der Waals surface area contributed by atoms with Gasteiger partial charge in [-0.05, 0) is 44.0 Å². The highest BCUT2D eigenvalue weighted by atomic mass is 32.1. The van der Waals surface area contributed by atoms with Gasteiger partial charge >= 0.3 is 0 Å². The third kappa shape index (κ3) is 3.79. The Morgan fingerprint density at radius 2 is 2.11 bits per heavy atom. The highest BCUT2D eigenvalue weighted by Gasteiger charge is 2.00. The minimum atomic E-state index is 0.413. The van der Waals surface area contributed by atoms with Crippen LogP contribution in [0.4, 0.5) is 5.69 Å². The summed E-state index contributed by atoms with van der Waals surface area (Å²) in [6.45, 7) is 6.65. The van der Waals surface area contributed by atoms with E-state index >= 15 is 0 Å². The maximum Gasteiger partial charge on any atom is 0.193 e. The van der Waals surface area contributed by atoms with Crippen molar-refractivity contribution in [1.29, 1.82) is 0 Å². The van der Waals surface area contributed by atoms with Gasteiger partial charge in [-0.1, -0.05) is 6.07 Å². The lowest BCUT2D eigenvalue weighted by molar-refractivity contribution is 1.01. The van der Waals surface area contributed by atoms with Gasteiger partial charge in [-0.25, -0.2) is 9.98 Å². The highest BCUT2D eigenvalue weighted by Crippen LogP contribution is 2.14. The number of aromatic nitrogens is 1. The summed E-state index contributed by atoms with van der Waals surface area (Å²) in [5, 5.41) is 6.08. The average molecular weight is 274 g/mol. The van der Waals surface area contributed by atoms with Crippen molar-refractivity contribution >= 4 is 23.0 Å². The van der Waals surface area contributed by atoms with Crippen molar-refractivity contribution in [3.8, 4) is 0 Å². The van der Waals surface area contributed by atoms with E-state index in [2.05, 4.69) is 41.3 Å². The minimum Gasteiger partial charge on any atom is -0.370 e. The second-order valence-corrected chi connectivity index (χ2v) is 5.45. The fourth-order valence-electron chi connectivity index (χ4n) is 1.63. The van der Waals surface area contributed by atoms with Crippen molar-refractivity contribution in [2.45, 2.75) is 27.3 Å². The molecule has 1 heterocycles. The predicted molar refractivity (Wildman–Crippen MR) is 81.7 cm³/mol. The van der Waals surface area contributed by atoms with Gasteiger partial charge in [0.2, 0.25) is 0 Å². The molecule has 0 saturated carbocycles. The van der Waals surface area contributed by atoms with Crippen LogP contribution in [0.2, 0.25) is 0 Å². The molecule has 0 radical (unpaired) electrons. The lowest BCUT2D eigenvalue weighted by Gasteiger charge is -2.07. The fourth-order valence-corrected chi connectivity index (χ4v) is 2.33. The third-order valence-electron chi connectivity index (χ3n) is 2.83. The molecule has 3 N–H and O–H groups in total. The second kappa shape index (κ2) is 5.84. The first-order valence-corrected chi connectivity index (χ1v) is 6.98. The topological polar surface area (TPSA) is 63.3 Å². The SMILES string of the molecule is Cc1csc(CN=C(N)Nc2ccc(C)c(C)c2)n1. The molecule has 0 fully saturated rings. The van der Waals surface area contributed by atoms with E-state index in [9.17, 15) is 0 Å². The molecule has 1 aromatic carbocycles. The number of thiazole rings is 1. The van der Waals surface area contributed by atoms with Gasteiger partial charge in [-0.15, -0.1) is 11.3 Å². The summed E-state index contributed by atoms with van der Waals surface area (Å²) in [6.07, 6.45) is 0. The monoisotopic (exact) mass is 274 g/mol. The fraction of sp³-hybridized carbons (Fsp3) is 0.286. The van der Waals surface area contributed by atoms with Crippen molar-refractivity contribution < 1.29 is 0 Å². The first kappa shape index (κ1) is 13.5. The first-order valence-electron chi connectivity index (χ1n) is 6.10. The number of hydrogen-bond acceptors (Lipinski definition) is 3. The predicted octanol–water partition coefficient (Wildman–Crippen LogP) is 3.00. The summed E-state index contributed by atoms with van der Waals surface area (Å²) in [7, 11) is 0. The summed E-state index contributed by atoms with van der Waals surface area (Å²) in [4.78, 5) is 8.63. The largest absolute Gasteiger partial charge is 0.370 e. The molecule has 0 amide bonds. The quantitative estimate of drug-likeness (QED) is 0.668. The zero-order valence-electron chi connectivity index (χ0n) is 11.4. The molecule has 5 heteroatoms. The number of nitrogens with zero attached hydrogens (tertiary/aromatic N) is 2. The van der Waals surface area contributed by atoms with Crippen LogP contribution < -0.4 is 11.1 Å². The van der Waals surface area contributed by atoms with Gasteiger partial charge in [0.05, 0.1) is 6.54 Å². The Hall–Kier alpha value is -1.88. The summed E-state index contributed by atoms with van der Waals surface area (Å²) in [6, 6.07) is 6.12. The van der Waals surface area contributed by atoms with E-state index in [1.165, 1.54) is 11.1 Å². The molecule has 4 nitrogen and oxygen atoms in total. The van der Waals surface area contributed by atoms with E-state index in [1.807, 2.05) is 18.4 Å². The minimum absolute atomic E-state index is 0.413. The van der Waals surface area contributed by atoms with Crippen molar-refractivity contribution in [2.75, 3.05) is 5.32 Å². The van der Waals surface area contributed by atoms with Crippen LogP contribution in [0.1, 0.15) is 21.8 Å². The number of hydrogen-bond donors (Lipinski definition) is 2. The molecule has 0 aliphatic rings. The van der Waals surface area contributed by atoms with Crippen LogP contribution >= 0.6 is 11.3 Å². The van der Waals surface area contributed by atoms with Crippen LogP contribution in [-0.2, 0) is 6.54 Å². The smallest absolute Gasteiger partial charge is 0.193 e. The van der Waals surface area contributed by atoms with Crippen molar-refractivity contribution in [1.82, 2.24) is 4.98 Å². The van der Waals surface area contributed by atoms with Gasteiger partial charge in [0.15, 0.2) is 5.96 Å². The van der Waals surface area contributed by atoms with Gasteiger partial charge in [-0.2, -0.15) is 0 Å². The van der Waals surface area contributed by atoms with Crippen LogP contribution in [0.3, 0.4) is 0 Å². The zero-order valence-corrected chi connectivity index (χ0v) is 12.2. The van der Waals surface area contributed by atoms with Gasteiger partial charge in [0, 0.05) is 16.8 Å². The Labute approximate surface area is 117 Å². The lowest BCUT2D eigenvalue weighted by Crippen LogP contribution is -2.22. The van der Waals surface area contributed by atoms with Crippen molar-refractivity contribution in [3.05, 3.63) is 45.4 Å². The molecule has 0 bridgehead atoms. The van der Waals surface area contributed by atoms with Crippen LogP contribution in [0.15, 0.2) is 28.6 Å². The molecule has 100 valence electrons. The maximum absolute atomic E-state index is 5.86. The van der Waals surface area contributed by atoms with Crippen molar-refractivity contribution in [3.63, 3.8) is 0 Å². The second-order valence-electron chi connectivity index (χ2n) is 4.51. The van der Waals surface area contributed by atoms with Crippen LogP contribution in [0.25, 0.3) is 0 Å². The van der Waals surface area contributed by atoms with Crippen LogP contribution in [-0.4, -0.2) is 10.9 Å². The number of anilines is 1. The van der Waals surface area contributed by atoms with Crippen LogP contribution in [0, 0.1) is 20.8 Å². The molecule has 0 saturated heterocycles. The molecule has 0 aliphatic carbocycles. The molecular weight excluding hydrogens is 256 g/mol. The molecule has 0 aliphatic heterocycles. The maximum atomic E-state index is 5.86. The Kier molecular flexibility index (Phi) is 4.16. The Morgan fingerprint density at radius 3 is 2.74 bits per heavy atom. The number of guanidine groups is 1. The van der Waals surface area contributed by atoms with Crippen LogP contribution in [0.5, 0.6) is 0 Å². The molecule has 1 aromatic heterocycles. The molecule has 2 rings (SSSR count). The number of aryl methyl sites for hydroxylation is 3.